The van der Waals surface area contributed by atoms with Crippen molar-refractivity contribution in [2.45, 2.75) is 58.9 Å². The largest absolute Gasteiger partial charge is 0.246 e. The lowest BCUT2D eigenvalue weighted by molar-refractivity contribution is 0.468. The quantitative estimate of drug-likeness (QED) is 0.304. The van der Waals surface area contributed by atoms with Gasteiger partial charge in [-0.05, 0) is 44.7 Å². The summed E-state index contributed by atoms with van der Waals surface area (Å²) in [5.41, 5.74) is 6.65. The van der Waals surface area contributed by atoms with Gasteiger partial charge in [0.1, 0.15) is 11.4 Å². The molecule has 2 heterocycles. The van der Waals surface area contributed by atoms with E-state index < -0.39 is 0 Å². The van der Waals surface area contributed by atoms with Crippen LogP contribution in [0.1, 0.15) is 62.3 Å². The van der Waals surface area contributed by atoms with Gasteiger partial charge in [0.2, 0.25) is 0 Å². The summed E-state index contributed by atoms with van der Waals surface area (Å²) in [6.07, 6.45) is 3.14. The molecular weight excluding hydrogens is 400 g/mol. The van der Waals surface area contributed by atoms with Crippen LogP contribution in [0.15, 0.2) is 60.0 Å². The Balaban J connectivity index is 1.54. The first-order valence-electron chi connectivity index (χ1n) is 11.1. The van der Waals surface area contributed by atoms with Gasteiger partial charge in [-0.15, -0.1) is 11.3 Å². The lowest BCUT2D eigenvalue weighted by Crippen LogP contribution is -2.04. The average molecular weight is 431 g/mol. The predicted octanol–water partition coefficient (Wildman–Crippen LogP) is 6.95. The first-order chi connectivity index (χ1) is 15.0. The molecule has 0 aliphatic rings. The van der Waals surface area contributed by atoms with E-state index >= 15 is 0 Å². The van der Waals surface area contributed by atoms with Crippen molar-refractivity contribution in [3.05, 3.63) is 76.2 Å². The van der Waals surface area contributed by atoms with Crippen LogP contribution in [0.2, 0.25) is 0 Å². The summed E-state index contributed by atoms with van der Waals surface area (Å²) in [4.78, 5) is 6.59. The number of rotatable bonds is 8. The molecule has 4 aromatic rings. The van der Waals surface area contributed by atoms with Crippen molar-refractivity contribution in [3.63, 3.8) is 0 Å². The minimum Gasteiger partial charge on any atom is -0.246 e. The van der Waals surface area contributed by atoms with Crippen molar-refractivity contribution in [2.24, 2.45) is 0 Å². The smallest absolute Gasteiger partial charge is 0.121 e. The molecule has 4 rings (SSSR count). The van der Waals surface area contributed by atoms with Gasteiger partial charge in [0.05, 0.1) is 16.7 Å². The third-order valence-corrected chi connectivity index (χ3v) is 6.49. The second kappa shape index (κ2) is 9.56. The van der Waals surface area contributed by atoms with E-state index in [1.165, 1.54) is 16.3 Å². The maximum Gasteiger partial charge on any atom is 0.121 e. The number of hydrogen-bond acceptors (Lipinski definition) is 4. The fraction of sp³-hybridized carbons (Fsp3) is 0.346. The van der Waals surface area contributed by atoms with Crippen molar-refractivity contribution in [3.8, 4) is 22.5 Å². The fourth-order valence-electron chi connectivity index (χ4n) is 3.59. The van der Waals surface area contributed by atoms with E-state index in [4.69, 9.17) is 15.2 Å². The monoisotopic (exact) mass is 430 g/mol. The van der Waals surface area contributed by atoms with Crippen molar-refractivity contribution < 1.29 is 0 Å². The van der Waals surface area contributed by atoms with Crippen LogP contribution in [0.25, 0.3) is 22.5 Å². The number of aromatic nitrogens is 4. The van der Waals surface area contributed by atoms with Crippen LogP contribution in [0.4, 0.5) is 0 Å². The maximum absolute atomic E-state index is 4.84. The highest BCUT2D eigenvalue weighted by Crippen LogP contribution is 2.30. The molecule has 0 spiro atoms. The van der Waals surface area contributed by atoms with Gasteiger partial charge in [-0.25, -0.2) is 4.98 Å². The highest BCUT2D eigenvalue weighted by Gasteiger charge is 2.16. The number of benzene rings is 2. The standard InChI is InChI=1S/C26H30N4S/c1-18(2)26-27-23(17-31-26)15-9-11-20-10-8-14-22(16-20)25-24(21-12-6-5-7-13-21)28-30(29-25)19(3)4/h5-8,10,12-14,16-19H,9,11,15H2,1-4H3. The molecule has 0 unspecified atom stereocenters. The van der Waals surface area contributed by atoms with Gasteiger partial charge in [-0.1, -0.05) is 62.4 Å². The van der Waals surface area contributed by atoms with Crippen LogP contribution < -0.4 is 0 Å². The van der Waals surface area contributed by atoms with Crippen LogP contribution in [-0.4, -0.2) is 20.0 Å². The molecule has 0 radical (unpaired) electrons. The van der Waals surface area contributed by atoms with Gasteiger partial charge in [-0.3, -0.25) is 0 Å². The maximum atomic E-state index is 4.84. The SMILES string of the molecule is CC(C)c1nc(CCCc2cccc(-c3nn(C(C)C)nc3-c3ccccc3)c2)cs1. The van der Waals surface area contributed by atoms with Crippen LogP contribution in [0.3, 0.4) is 0 Å². The second-order valence-corrected chi connectivity index (χ2v) is 9.45. The van der Waals surface area contributed by atoms with Crippen LogP contribution in [0.5, 0.6) is 0 Å². The number of hydrogen-bond donors (Lipinski definition) is 0. The third-order valence-electron chi connectivity index (χ3n) is 5.30. The molecule has 0 fully saturated rings. The highest BCUT2D eigenvalue weighted by atomic mass is 32.1. The molecule has 0 bridgehead atoms. The molecule has 5 heteroatoms. The Bertz CT molecular complexity index is 1130. The molecule has 31 heavy (non-hydrogen) atoms. The van der Waals surface area contributed by atoms with Gasteiger partial charge in [0.25, 0.3) is 0 Å². The predicted molar refractivity (Wildman–Crippen MR) is 130 cm³/mol. The third kappa shape index (κ3) is 5.10. The molecule has 2 aromatic heterocycles. The lowest BCUT2D eigenvalue weighted by atomic mass is 10.0. The summed E-state index contributed by atoms with van der Waals surface area (Å²) in [5.74, 6) is 0.508. The molecule has 2 aromatic carbocycles. The Morgan fingerprint density at radius 2 is 1.55 bits per heavy atom. The Hall–Kier alpha value is -2.79. The summed E-state index contributed by atoms with van der Waals surface area (Å²) in [6.45, 7) is 8.62. The zero-order chi connectivity index (χ0) is 21.8. The van der Waals surface area contributed by atoms with E-state index in [2.05, 4.69) is 69.5 Å². The van der Waals surface area contributed by atoms with Crippen LogP contribution in [-0.2, 0) is 12.8 Å². The molecule has 0 atom stereocenters. The van der Waals surface area contributed by atoms with E-state index in [0.29, 0.717) is 5.92 Å². The van der Waals surface area contributed by atoms with Crippen molar-refractivity contribution in [2.75, 3.05) is 0 Å². The molecule has 0 saturated carbocycles. The molecule has 0 amide bonds. The van der Waals surface area contributed by atoms with E-state index in [0.717, 1.165) is 41.8 Å². The topological polar surface area (TPSA) is 43.6 Å². The molecule has 0 aliphatic heterocycles. The van der Waals surface area contributed by atoms with Gasteiger partial charge < -0.3 is 0 Å². The van der Waals surface area contributed by atoms with Crippen LogP contribution in [0, 0.1) is 0 Å². The van der Waals surface area contributed by atoms with Gasteiger partial charge in [0.15, 0.2) is 0 Å². The Labute approximate surface area is 189 Å². The van der Waals surface area contributed by atoms with Gasteiger partial charge >= 0.3 is 0 Å². The van der Waals surface area contributed by atoms with Gasteiger partial charge in [0, 0.05) is 22.4 Å². The van der Waals surface area contributed by atoms with E-state index in [1.54, 1.807) is 11.3 Å². The lowest BCUT2D eigenvalue weighted by Gasteiger charge is -2.05. The molecule has 160 valence electrons. The van der Waals surface area contributed by atoms with Crippen molar-refractivity contribution >= 4 is 11.3 Å². The molecule has 0 saturated heterocycles. The zero-order valence-electron chi connectivity index (χ0n) is 18.7. The number of nitrogens with zero attached hydrogens (tertiary/aromatic N) is 4. The van der Waals surface area contributed by atoms with E-state index in [1.807, 2.05) is 23.0 Å². The normalized spacial score (nSPS) is 11.5. The minimum atomic E-state index is 0.216. The molecule has 0 aliphatic carbocycles. The minimum absolute atomic E-state index is 0.216. The molecule has 4 nitrogen and oxygen atoms in total. The summed E-state index contributed by atoms with van der Waals surface area (Å²) in [6, 6.07) is 19.3. The van der Waals surface area contributed by atoms with E-state index in [9.17, 15) is 0 Å². The van der Waals surface area contributed by atoms with Crippen LogP contribution >= 0.6 is 11.3 Å². The summed E-state index contributed by atoms with van der Waals surface area (Å²) < 4.78 is 0. The second-order valence-electron chi connectivity index (χ2n) is 8.56. The highest BCUT2D eigenvalue weighted by molar-refractivity contribution is 7.09. The Kier molecular flexibility index (Phi) is 6.62. The Morgan fingerprint density at radius 3 is 2.23 bits per heavy atom. The van der Waals surface area contributed by atoms with E-state index in [-0.39, 0.29) is 6.04 Å². The van der Waals surface area contributed by atoms with Crippen molar-refractivity contribution in [1.82, 2.24) is 20.0 Å². The first kappa shape index (κ1) is 21.4. The number of thiazole rings is 1. The summed E-state index contributed by atoms with van der Waals surface area (Å²) in [7, 11) is 0. The summed E-state index contributed by atoms with van der Waals surface area (Å²) in [5, 5.41) is 13.1. The molecule has 0 N–H and O–H groups in total. The number of aryl methyl sites for hydroxylation is 2. The van der Waals surface area contributed by atoms with Crippen molar-refractivity contribution in [1.29, 1.82) is 0 Å². The Morgan fingerprint density at radius 1 is 0.839 bits per heavy atom. The zero-order valence-corrected chi connectivity index (χ0v) is 19.6. The first-order valence-corrected chi connectivity index (χ1v) is 11.9. The average Bonchev–Trinajstić information content (AvgIpc) is 3.43. The summed E-state index contributed by atoms with van der Waals surface area (Å²) >= 11 is 1.78. The van der Waals surface area contributed by atoms with Gasteiger partial charge in [-0.2, -0.15) is 15.0 Å². The fourth-order valence-corrected chi connectivity index (χ4v) is 4.46. The molecular formula is C26H30N4S.